The number of carbonyl (C=O) groups excluding carboxylic acids is 1. The molecule has 1 heterocycles. The van der Waals surface area contributed by atoms with E-state index in [0.717, 1.165) is 23.8 Å². The van der Waals surface area contributed by atoms with E-state index in [-0.39, 0.29) is 5.91 Å². The van der Waals surface area contributed by atoms with Gasteiger partial charge in [0, 0.05) is 19.0 Å². The van der Waals surface area contributed by atoms with Gasteiger partial charge in [-0.2, -0.15) is 0 Å². The summed E-state index contributed by atoms with van der Waals surface area (Å²) in [6, 6.07) is 0.433. The van der Waals surface area contributed by atoms with Gasteiger partial charge in [-0.15, -0.1) is 10.2 Å². The van der Waals surface area contributed by atoms with E-state index in [1.165, 1.54) is 31.0 Å². The van der Waals surface area contributed by atoms with Crippen LogP contribution in [0.4, 0.5) is 0 Å². The van der Waals surface area contributed by atoms with Crippen LogP contribution in [0.25, 0.3) is 0 Å². The Balaban J connectivity index is 1.55. The third-order valence-electron chi connectivity index (χ3n) is 3.61. The molecule has 0 saturated heterocycles. The SMILES string of the molecule is Cn1c(SCC(=O)NC2CC2)nnc1C1CCC1. The molecule has 3 rings (SSSR count). The van der Waals surface area contributed by atoms with E-state index >= 15 is 0 Å². The van der Waals surface area contributed by atoms with Crippen LogP contribution in [0.2, 0.25) is 0 Å². The van der Waals surface area contributed by atoms with Gasteiger partial charge in [0.1, 0.15) is 5.82 Å². The molecular formula is C12H18N4OS. The predicted molar refractivity (Wildman–Crippen MR) is 69.5 cm³/mol. The lowest BCUT2D eigenvalue weighted by atomic mass is 9.85. The van der Waals surface area contributed by atoms with Crippen molar-refractivity contribution in [2.45, 2.75) is 49.2 Å². The van der Waals surface area contributed by atoms with Crippen LogP contribution in [0.5, 0.6) is 0 Å². The molecule has 1 N–H and O–H groups in total. The first-order valence-corrected chi connectivity index (χ1v) is 7.54. The van der Waals surface area contributed by atoms with Crippen LogP contribution in [0.3, 0.4) is 0 Å². The van der Waals surface area contributed by atoms with Gasteiger partial charge in [0.25, 0.3) is 0 Å². The van der Waals surface area contributed by atoms with Gasteiger partial charge in [-0.1, -0.05) is 18.2 Å². The Labute approximate surface area is 111 Å². The summed E-state index contributed by atoms with van der Waals surface area (Å²) in [6.45, 7) is 0. The summed E-state index contributed by atoms with van der Waals surface area (Å²) in [7, 11) is 1.99. The molecule has 0 aliphatic heterocycles. The maximum Gasteiger partial charge on any atom is 0.230 e. The Morgan fingerprint density at radius 3 is 2.78 bits per heavy atom. The van der Waals surface area contributed by atoms with Crippen molar-refractivity contribution < 1.29 is 4.79 Å². The maximum absolute atomic E-state index is 11.6. The molecule has 0 bridgehead atoms. The van der Waals surface area contributed by atoms with E-state index in [4.69, 9.17) is 0 Å². The van der Waals surface area contributed by atoms with Crippen LogP contribution in [0.15, 0.2) is 5.16 Å². The van der Waals surface area contributed by atoms with E-state index in [2.05, 4.69) is 15.5 Å². The van der Waals surface area contributed by atoms with Gasteiger partial charge in [-0.05, 0) is 25.7 Å². The minimum atomic E-state index is 0.107. The number of aromatic nitrogens is 3. The van der Waals surface area contributed by atoms with Crippen LogP contribution in [-0.2, 0) is 11.8 Å². The fraction of sp³-hybridized carbons (Fsp3) is 0.750. The number of rotatable bonds is 5. The zero-order valence-electron chi connectivity index (χ0n) is 10.6. The highest BCUT2D eigenvalue weighted by atomic mass is 32.2. The third kappa shape index (κ3) is 2.53. The lowest BCUT2D eigenvalue weighted by Crippen LogP contribution is -2.27. The first kappa shape index (κ1) is 12.0. The first-order valence-electron chi connectivity index (χ1n) is 6.55. The summed E-state index contributed by atoms with van der Waals surface area (Å²) in [6.07, 6.45) is 6.00. The van der Waals surface area contributed by atoms with Crippen molar-refractivity contribution in [2.75, 3.05) is 5.75 Å². The number of nitrogens with one attached hydrogen (secondary N) is 1. The molecule has 1 aromatic heterocycles. The number of thioether (sulfide) groups is 1. The highest BCUT2D eigenvalue weighted by Crippen LogP contribution is 2.35. The lowest BCUT2D eigenvalue weighted by molar-refractivity contribution is -0.118. The minimum absolute atomic E-state index is 0.107. The second kappa shape index (κ2) is 4.91. The molecule has 18 heavy (non-hydrogen) atoms. The molecule has 2 fully saturated rings. The molecule has 5 nitrogen and oxygen atoms in total. The second-order valence-corrected chi connectivity index (χ2v) is 6.10. The van der Waals surface area contributed by atoms with Gasteiger partial charge in [0.2, 0.25) is 5.91 Å². The molecule has 1 amide bonds. The Morgan fingerprint density at radius 1 is 1.39 bits per heavy atom. The number of hydrogen-bond donors (Lipinski definition) is 1. The summed E-state index contributed by atoms with van der Waals surface area (Å²) in [5, 5.41) is 12.3. The summed E-state index contributed by atoms with van der Waals surface area (Å²) in [5.41, 5.74) is 0. The van der Waals surface area contributed by atoms with Crippen molar-refractivity contribution in [1.29, 1.82) is 0 Å². The van der Waals surface area contributed by atoms with Crippen LogP contribution >= 0.6 is 11.8 Å². The predicted octanol–water partition coefficient (Wildman–Crippen LogP) is 1.45. The third-order valence-corrected chi connectivity index (χ3v) is 4.63. The van der Waals surface area contributed by atoms with Crippen molar-refractivity contribution in [2.24, 2.45) is 7.05 Å². The highest BCUT2D eigenvalue weighted by Gasteiger charge is 2.26. The number of nitrogens with zero attached hydrogens (tertiary/aromatic N) is 3. The molecule has 2 saturated carbocycles. The van der Waals surface area contributed by atoms with E-state index < -0.39 is 0 Å². The van der Waals surface area contributed by atoms with Gasteiger partial charge >= 0.3 is 0 Å². The molecule has 6 heteroatoms. The first-order chi connectivity index (χ1) is 8.74. The highest BCUT2D eigenvalue weighted by molar-refractivity contribution is 7.99. The molecule has 2 aliphatic rings. The molecule has 0 aromatic carbocycles. The van der Waals surface area contributed by atoms with Gasteiger partial charge in [0.05, 0.1) is 5.75 Å². The summed E-state index contributed by atoms with van der Waals surface area (Å²) in [4.78, 5) is 11.6. The normalized spacial score (nSPS) is 19.6. The van der Waals surface area contributed by atoms with Crippen molar-refractivity contribution >= 4 is 17.7 Å². The Bertz CT molecular complexity index is 451. The number of carbonyl (C=O) groups is 1. The van der Waals surface area contributed by atoms with E-state index in [9.17, 15) is 4.79 Å². The molecular weight excluding hydrogens is 248 g/mol. The molecule has 0 spiro atoms. The number of amides is 1. The van der Waals surface area contributed by atoms with Crippen molar-refractivity contribution in [3.8, 4) is 0 Å². The Morgan fingerprint density at radius 2 is 2.17 bits per heavy atom. The monoisotopic (exact) mass is 266 g/mol. The Kier molecular flexibility index (Phi) is 3.28. The van der Waals surface area contributed by atoms with Crippen molar-refractivity contribution in [1.82, 2.24) is 20.1 Å². The van der Waals surface area contributed by atoms with Crippen molar-refractivity contribution in [3.05, 3.63) is 5.82 Å². The lowest BCUT2D eigenvalue weighted by Gasteiger charge is -2.23. The summed E-state index contributed by atoms with van der Waals surface area (Å²) < 4.78 is 2.04. The fourth-order valence-corrected chi connectivity index (χ4v) is 2.83. The smallest absolute Gasteiger partial charge is 0.230 e. The van der Waals surface area contributed by atoms with E-state index in [1.54, 1.807) is 0 Å². The quantitative estimate of drug-likeness (QED) is 0.820. The number of hydrogen-bond acceptors (Lipinski definition) is 4. The van der Waals surface area contributed by atoms with E-state index in [1.807, 2.05) is 11.6 Å². The van der Waals surface area contributed by atoms with Gasteiger partial charge in [-0.25, -0.2) is 0 Å². The molecule has 0 unspecified atom stereocenters. The molecule has 0 radical (unpaired) electrons. The standard InChI is InChI=1S/C12H18N4OS/c1-16-11(8-3-2-4-8)14-15-12(16)18-7-10(17)13-9-5-6-9/h8-9H,2-7H2,1H3,(H,13,17). The molecule has 2 aliphatic carbocycles. The molecule has 98 valence electrons. The average molecular weight is 266 g/mol. The van der Waals surface area contributed by atoms with Gasteiger partial charge < -0.3 is 9.88 Å². The fourth-order valence-electron chi connectivity index (χ4n) is 2.10. The van der Waals surface area contributed by atoms with Crippen LogP contribution in [0, 0.1) is 0 Å². The zero-order valence-corrected chi connectivity index (χ0v) is 11.4. The van der Waals surface area contributed by atoms with Crippen LogP contribution in [-0.4, -0.2) is 32.5 Å². The molecule has 1 aromatic rings. The maximum atomic E-state index is 11.6. The van der Waals surface area contributed by atoms with Gasteiger partial charge in [0.15, 0.2) is 5.16 Å². The summed E-state index contributed by atoms with van der Waals surface area (Å²) in [5.74, 6) is 2.20. The average Bonchev–Trinajstić information content (AvgIpc) is 3.01. The Hall–Kier alpha value is -1.04. The van der Waals surface area contributed by atoms with Crippen LogP contribution in [0.1, 0.15) is 43.8 Å². The van der Waals surface area contributed by atoms with Crippen molar-refractivity contribution in [3.63, 3.8) is 0 Å². The van der Waals surface area contributed by atoms with E-state index in [0.29, 0.717) is 17.7 Å². The molecule has 0 atom stereocenters. The topological polar surface area (TPSA) is 59.8 Å². The zero-order chi connectivity index (χ0) is 12.5. The minimum Gasteiger partial charge on any atom is -0.353 e. The van der Waals surface area contributed by atoms with Crippen LogP contribution < -0.4 is 5.32 Å². The largest absolute Gasteiger partial charge is 0.353 e. The van der Waals surface area contributed by atoms with Gasteiger partial charge in [-0.3, -0.25) is 4.79 Å². The second-order valence-electron chi connectivity index (χ2n) is 5.16. The summed E-state index contributed by atoms with van der Waals surface area (Å²) >= 11 is 1.48.